The molecule has 138 valence electrons. The van der Waals surface area contributed by atoms with Crippen LogP contribution in [0.25, 0.3) is 0 Å². The van der Waals surface area contributed by atoms with Gasteiger partial charge in [0.1, 0.15) is 6.61 Å². The van der Waals surface area contributed by atoms with E-state index in [9.17, 15) is 4.79 Å². The molecule has 0 spiro atoms. The molecule has 1 aliphatic heterocycles. The Labute approximate surface area is 156 Å². The first kappa shape index (κ1) is 17.1. The van der Waals surface area contributed by atoms with E-state index in [1.54, 1.807) is 12.1 Å². The molecule has 3 aromatic rings. The minimum Gasteiger partial charge on any atom is -0.485 e. The molecular formula is C20H19N3O4. The monoisotopic (exact) mass is 365 g/mol. The third kappa shape index (κ3) is 3.92. The summed E-state index contributed by atoms with van der Waals surface area (Å²) < 4.78 is 16.7. The predicted molar refractivity (Wildman–Crippen MR) is 97.9 cm³/mol. The number of anilines is 1. The minimum absolute atomic E-state index is 0.0441. The first-order chi connectivity index (χ1) is 13.2. The number of amides is 1. The van der Waals surface area contributed by atoms with Crippen molar-refractivity contribution in [3.05, 3.63) is 65.5 Å². The number of ether oxygens (including phenoxy) is 2. The number of nitrogens with one attached hydrogen (secondary N) is 1. The summed E-state index contributed by atoms with van der Waals surface area (Å²) in [5, 5.41) is 10.4. The molecule has 1 atom stereocenters. The molecule has 1 N–H and O–H groups in total. The number of rotatable bonds is 5. The van der Waals surface area contributed by atoms with E-state index in [2.05, 4.69) is 34.6 Å². The minimum atomic E-state index is -0.781. The largest absolute Gasteiger partial charge is 0.485 e. The van der Waals surface area contributed by atoms with Gasteiger partial charge in [-0.05, 0) is 29.7 Å². The Morgan fingerprint density at radius 1 is 1.07 bits per heavy atom. The summed E-state index contributed by atoms with van der Waals surface area (Å²) in [6, 6.07) is 15.5. The number of aryl methyl sites for hydroxylation is 1. The fourth-order valence-electron chi connectivity index (χ4n) is 2.78. The molecule has 1 amide bonds. The van der Waals surface area contributed by atoms with Gasteiger partial charge in [-0.15, -0.1) is 5.10 Å². The summed E-state index contributed by atoms with van der Waals surface area (Å²) in [6.45, 7) is 2.23. The molecule has 1 aromatic heterocycles. The number of nitrogens with zero attached hydrogens (tertiary/aromatic N) is 2. The Hall–Kier alpha value is -3.35. The van der Waals surface area contributed by atoms with E-state index in [4.69, 9.17) is 13.9 Å². The zero-order chi connectivity index (χ0) is 18.6. The van der Waals surface area contributed by atoms with Crippen molar-refractivity contribution in [1.29, 1.82) is 0 Å². The fourth-order valence-corrected chi connectivity index (χ4v) is 2.78. The van der Waals surface area contributed by atoms with Crippen LogP contribution in [0.2, 0.25) is 0 Å². The van der Waals surface area contributed by atoms with Gasteiger partial charge >= 0.3 is 6.01 Å². The lowest BCUT2D eigenvalue weighted by molar-refractivity contribution is -0.125. The number of carbonyl (C=O) groups excluding carboxylic acids is 1. The molecule has 2 heterocycles. The molecule has 7 nitrogen and oxygen atoms in total. The van der Waals surface area contributed by atoms with E-state index in [0.717, 1.165) is 12.0 Å². The highest BCUT2D eigenvalue weighted by Crippen LogP contribution is 2.31. The number of aromatic nitrogens is 2. The normalized spacial score (nSPS) is 15.4. The molecule has 1 unspecified atom stereocenters. The van der Waals surface area contributed by atoms with Gasteiger partial charge in [0.25, 0.3) is 5.91 Å². The molecule has 0 fully saturated rings. The lowest BCUT2D eigenvalue weighted by atomic mass is 10.1. The number of hydrogen-bond donors (Lipinski definition) is 1. The summed E-state index contributed by atoms with van der Waals surface area (Å²) in [4.78, 5) is 12.4. The fraction of sp³-hybridized carbons (Fsp3) is 0.250. The number of para-hydroxylation sites is 2. The SMILES string of the molecule is CCc1ccc(Cc2nnc(NC(=O)C3COc4ccccc4O3)o2)cc1. The molecule has 4 rings (SSSR count). The molecule has 0 aliphatic carbocycles. The Morgan fingerprint density at radius 3 is 2.59 bits per heavy atom. The van der Waals surface area contributed by atoms with Crippen molar-refractivity contribution in [2.24, 2.45) is 0 Å². The predicted octanol–water partition coefficient (Wildman–Crippen LogP) is 3.00. The smallest absolute Gasteiger partial charge is 0.322 e. The van der Waals surface area contributed by atoms with Crippen LogP contribution in [0.3, 0.4) is 0 Å². The van der Waals surface area contributed by atoms with Crippen LogP contribution in [-0.4, -0.2) is 28.8 Å². The van der Waals surface area contributed by atoms with E-state index >= 15 is 0 Å². The Kier molecular flexibility index (Phi) is 4.74. The van der Waals surface area contributed by atoms with E-state index < -0.39 is 12.0 Å². The zero-order valence-corrected chi connectivity index (χ0v) is 14.8. The highest BCUT2D eigenvalue weighted by atomic mass is 16.6. The van der Waals surface area contributed by atoms with Gasteiger partial charge in [-0.25, -0.2) is 0 Å². The first-order valence-corrected chi connectivity index (χ1v) is 8.81. The zero-order valence-electron chi connectivity index (χ0n) is 14.8. The van der Waals surface area contributed by atoms with Crippen LogP contribution in [0.5, 0.6) is 11.5 Å². The maximum atomic E-state index is 12.4. The van der Waals surface area contributed by atoms with Crippen LogP contribution in [0.15, 0.2) is 52.9 Å². The van der Waals surface area contributed by atoms with Crippen molar-refractivity contribution in [1.82, 2.24) is 10.2 Å². The Bertz CT molecular complexity index is 936. The summed E-state index contributed by atoms with van der Waals surface area (Å²) in [5.74, 6) is 1.19. The molecule has 0 radical (unpaired) electrons. The summed E-state index contributed by atoms with van der Waals surface area (Å²) in [6.07, 6.45) is 0.717. The Balaban J connectivity index is 1.37. The second-order valence-electron chi connectivity index (χ2n) is 6.20. The lowest BCUT2D eigenvalue weighted by Gasteiger charge is -2.24. The molecule has 1 aliphatic rings. The average molecular weight is 365 g/mol. The van der Waals surface area contributed by atoms with E-state index in [1.807, 2.05) is 24.3 Å². The van der Waals surface area contributed by atoms with Gasteiger partial charge in [-0.1, -0.05) is 48.4 Å². The average Bonchev–Trinajstić information content (AvgIpc) is 3.15. The van der Waals surface area contributed by atoms with Gasteiger partial charge < -0.3 is 13.9 Å². The molecule has 7 heteroatoms. The van der Waals surface area contributed by atoms with Gasteiger partial charge in [0.05, 0.1) is 6.42 Å². The third-order valence-electron chi connectivity index (χ3n) is 4.28. The number of fused-ring (bicyclic) bond motifs is 1. The van der Waals surface area contributed by atoms with Crippen molar-refractivity contribution in [3.63, 3.8) is 0 Å². The van der Waals surface area contributed by atoms with Gasteiger partial charge in [0, 0.05) is 0 Å². The van der Waals surface area contributed by atoms with Crippen LogP contribution < -0.4 is 14.8 Å². The molecular weight excluding hydrogens is 346 g/mol. The molecule has 2 aromatic carbocycles. The van der Waals surface area contributed by atoms with Crippen molar-refractivity contribution in [2.45, 2.75) is 25.9 Å². The topological polar surface area (TPSA) is 86.5 Å². The van der Waals surface area contributed by atoms with E-state index in [0.29, 0.717) is 23.8 Å². The first-order valence-electron chi connectivity index (χ1n) is 8.81. The van der Waals surface area contributed by atoms with Gasteiger partial charge in [-0.3, -0.25) is 10.1 Å². The molecule has 27 heavy (non-hydrogen) atoms. The maximum absolute atomic E-state index is 12.4. The van der Waals surface area contributed by atoms with Crippen LogP contribution in [0.1, 0.15) is 23.9 Å². The quantitative estimate of drug-likeness (QED) is 0.748. The summed E-state index contributed by atoms with van der Waals surface area (Å²) in [5.41, 5.74) is 2.34. The van der Waals surface area contributed by atoms with Gasteiger partial charge in [0.15, 0.2) is 11.5 Å². The van der Waals surface area contributed by atoms with Gasteiger partial charge in [-0.2, -0.15) is 0 Å². The van der Waals surface area contributed by atoms with Crippen LogP contribution >= 0.6 is 0 Å². The highest BCUT2D eigenvalue weighted by molar-refractivity contribution is 5.92. The van der Waals surface area contributed by atoms with E-state index in [-0.39, 0.29) is 12.6 Å². The number of benzene rings is 2. The van der Waals surface area contributed by atoms with Crippen LogP contribution in [-0.2, 0) is 17.6 Å². The maximum Gasteiger partial charge on any atom is 0.322 e. The van der Waals surface area contributed by atoms with Crippen molar-refractivity contribution >= 4 is 11.9 Å². The van der Waals surface area contributed by atoms with Crippen LogP contribution in [0, 0.1) is 0 Å². The third-order valence-corrected chi connectivity index (χ3v) is 4.28. The molecule has 0 bridgehead atoms. The van der Waals surface area contributed by atoms with Crippen molar-refractivity contribution in [2.75, 3.05) is 11.9 Å². The number of hydrogen-bond acceptors (Lipinski definition) is 6. The molecule has 0 saturated heterocycles. The van der Waals surface area contributed by atoms with Gasteiger partial charge in [0.2, 0.25) is 12.0 Å². The van der Waals surface area contributed by atoms with Crippen LogP contribution in [0.4, 0.5) is 6.01 Å². The second-order valence-corrected chi connectivity index (χ2v) is 6.20. The Morgan fingerprint density at radius 2 is 1.81 bits per heavy atom. The standard InChI is InChI=1S/C20H19N3O4/c1-2-13-7-9-14(10-8-13)11-18-22-23-20(27-18)21-19(24)17-12-25-15-5-3-4-6-16(15)26-17/h3-10,17H,2,11-12H2,1H3,(H,21,23,24). The highest BCUT2D eigenvalue weighted by Gasteiger charge is 2.28. The summed E-state index contributed by atoms with van der Waals surface area (Å²) >= 11 is 0. The van der Waals surface area contributed by atoms with Crippen molar-refractivity contribution < 1.29 is 18.7 Å². The number of carbonyl (C=O) groups is 1. The molecule has 0 saturated carbocycles. The van der Waals surface area contributed by atoms with E-state index in [1.165, 1.54) is 5.56 Å². The second kappa shape index (κ2) is 7.49. The summed E-state index contributed by atoms with van der Waals surface area (Å²) in [7, 11) is 0. The lowest BCUT2D eigenvalue weighted by Crippen LogP contribution is -2.40. The van der Waals surface area contributed by atoms with Crippen molar-refractivity contribution in [3.8, 4) is 11.5 Å².